The first-order valence-corrected chi connectivity index (χ1v) is 14.4. The van der Waals surface area contributed by atoms with Gasteiger partial charge in [0, 0.05) is 6.54 Å². The van der Waals surface area contributed by atoms with Crippen LogP contribution in [0.25, 0.3) is 10.8 Å². The smallest absolute Gasteiger partial charge is 0.338 e. The van der Waals surface area contributed by atoms with Crippen LogP contribution < -0.4 is 4.90 Å². The lowest BCUT2D eigenvalue weighted by Crippen LogP contribution is -2.46. The molecule has 9 heteroatoms. The third-order valence-corrected chi connectivity index (χ3v) is 8.80. The summed E-state index contributed by atoms with van der Waals surface area (Å²) in [5, 5.41) is 1.64. The van der Waals surface area contributed by atoms with Crippen molar-refractivity contribution in [3.05, 3.63) is 108 Å². The van der Waals surface area contributed by atoms with Gasteiger partial charge in [-0.25, -0.2) is 18.1 Å². The third-order valence-electron chi connectivity index (χ3n) is 6.90. The van der Waals surface area contributed by atoms with E-state index in [1.54, 1.807) is 19.1 Å². The van der Waals surface area contributed by atoms with Gasteiger partial charge in [0.1, 0.15) is 6.04 Å². The number of sulfonamides is 1. The first-order valence-electron chi connectivity index (χ1n) is 13.0. The molecule has 8 nitrogen and oxygen atoms in total. The fourth-order valence-corrected chi connectivity index (χ4v) is 6.48. The molecular weight excluding hydrogens is 528 g/mol. The second-order valence-electron chi connectivity index (χ2n) is 9.41. The summed E-state index contributed by atoms with van der Waals surface area (Å²) in [6.07, 6.45) is 0.0694. The maximum Gasteiger partial charge on any atom is 0.338 e. The standard InChI is InChI=1S/C31H28N2O6S/c1-2-39-31(36)24-12-15-26(16-13-24)33-29(34)21-28(30(33)35)32(19-18-22-8-4-3-5-9-22)40(37,38)27-17-14-23-10-6-7-11-25(23)20-27/h3-17,20,28H,2,18-19,21H2,1H3. The number of imide groups is 1. The lowest BCUT2D eigenvalue weighted by atomic mass is 10.1. The van der Waals surface area contributed by atoms with E-state index in [0.717, 1.165) is 25.5 Å². The summed E-state index contributed by atoms with van der Waals surface area (Å²) in [6, 6.07) is 26.4. The van der Waals surface area contributed by atoms with Gasteiger partial charge < -0.3 is 4.74 Å². The lowest BCUT2D eigenvalue weighted by Gasteiger charge is -2.27. The van der Waals surface area contributed by atoms with Gasteiger partial charge in [0.05, 0.1) is 29.2 Å². The molecule has 4 aromatic rings. The molecule has 0 saturated carbocycles. The third kappa shape index (κ3) is 5.38. The van der Waals surface area contributed by atoms with E-state index in [2.05, 4.69) is 0 Å². The summed E-state index contributed by atoms with van der Waals surface area (Å²) in [7, 11) is -4.16. The molecule has 40 heavy (non-hydrogen) atoms. The summed E-state index contributed by atoms with van der Waals surface area (Å²) < 4.78 is 34.3. The summed E-state index contributed by atoms with van der Waals surface area (Å²) in [6.45, 7) is 1.93. The van der Waals surface area contributed by atoms with E-state index in [-0.39, 0.29) is 35.7 Å². The largest absolute Gasteiger partial charge is 0.462 e. The van der Waals surface area contributed by atoms with E-state index >= 15 is 0 Å². The molecule has 0 aliphatic carbocycles. The molecule has 4 aromatic carbocycles. The van der Waals surface area contributed by atoms with Crippen LogP contribution in [0.1, 0.15) is 29.3 Å². The van der Waals surface area contributed by atoms with Crippen molar-refractivity contribution in [3.63, 3.8) is 0 Å². The Labute approximate surface area is 232 Å². The average Bonchev–Trinajstić information content (AvgIpc) is 3.26. The fourth-order valence-electron chi connectivity index (χ4n) is 4.86. The van der Waals surface area contributed by atoms with Crippen LogP contribution in [0.15, 0.2) is 102 Å². The Morgan fingerprint density at radius 1 is 0.900 bits per heavy atom. The Morgan fingerprint density at radius 2 is 1.57 bits per heavy atom. The van der Waals surface area contributed by atoms with Gasteiger partial charge in [-0.15, -0.1) is 0 Å². The second kappa shape index (κ2) is 11.4. The Morgan fingerprint density at radius 3 is 2.27 bits per heavy atom. The number of rotatable bonds is 9. The number of fused-ring (bicyclic) bond motifs is 1. The van der Waals surface area contributed by atoms with Gasteiger partial charge in [-0.1, -0.05) is 60.7 Å². The Hall–Kier alpha value is -4.34. The minimum absolute atomic E-state index is 0.0124. The normalized spacial score (nSPS) is 15.7. The Bertz CT molecular complexity index is 1670. The first kappa shape index (κ1) is 27.2. The van der Waals surface area contributed by atoms with Gasteiger partial charge in [-0.2, -0.15) is 4.31 Å². The highest BCUT2D eigenvalue weighted by atomic mass is 32.2. The van der Waals surface area contributed by atoms with Crippen LogP contribution in [0.2, 0.25) is 0 Å². The molecule has 1 aliphatic rings. The quantitative estimate of drug-likeness (QED) is 0.221. The fraction of sp³-hybridized carbons (Fsp3) is 0.194. The monoisotopic (exact) mass is 556 g/mol. The second-order valence-corrected chi connectivity index (χ2v) is 11.3. The highest BCUT2D eigenvalue weighted by molar-refractivity contribution is 7.89. The highest BCUT2D eigenvalue weighted by Crippen LogP contribution is 2.31. The van der Waals surface area contributed by atoms with Crippen LogP contribution in [0.4, 0.5) is 5.69 Å². The average molecular weight is 557 g/mol. The first-order chi connectivity index (χ1) is 19.3. The van der Waals surface area contributed by atoms with Crippen LogP contribution in [0, 0.1) is 0 Å². The molecule has 1 heterocycles. The zero-order valence-electron chi connectivity index (χ0n) is 21.9. The lowest BCUT2D eigenvalue weighted by molar-refractivity contribution is -0.122. The molecule has 2 amide bonds. The molecule has 204 valence electrons. The number of nitrogens with zero attached hydrogens (tertiary/aromatic N) is 2. The van der Waals surface area contributed by atoms with Gasteiger partial charge in [0.25, 0.3) is 5.91 Å². The molecule has 0 spiro atoms. The number of esters is 1. The molecule has 1 unspecified atom stereocenters. The van der Waals surface area contributed by atoms with E-state index in [0.29, 0.717) is 6.42 Å². The van der Waals surface area contributed by atoms with E-state index in [9.17, 15) is 22.8 Å². The Kier molecular flexibility index (Phi) is 7.77. The van der Waals surface area contributed by atoms with Crippen molar-refractivity contribution in [3.8, 4) is 0 Å². The number of hydrogen-bond donors (Lipinski definition) is 0. The molecule has 0 bridgehead atoms. The molecule has 0 radical (unpaired) electrons. The van der Waals surface area contributed by atoms with Gasteiger partial charge in [0.2, 0.25) is 15.9 Å². The molecule has 1 saturated heterocycles. The van der Waals surface area contributed by atoms with Gasteiger partial charge in [-0.3, -0.25) is 9.59 Å². The van der Waals surface area contributed by atoms with Crippen molar-refractivity contribution in [1.29, 1.82) is 0 Å². The van der Waals surface area contributed by atoms with Crippen LogP contribution in [0.5, 0.6) is 0 Å². The topological polar surface area (TPSA) is 101 Å². The molecule has 1 aliphatic heterocycles. The van der Waals surface area contributed by atoms with Crippen molar-refractivity contribution in [2.24, 2.45) is 0 Å². The maximum atomic E-state index is 14.1. The molecule has 0 aromatic heterocycles. The van der Waals surface area contributed by atoms with Gasteiger partial charge in [0.15, 0.2) is 0 Å². The summed E-state index contributed by atoms with van der Waals surface area (Å²) in [5.74, 6) is -1.66. The maximum absolute atomic E-state index is 14.1. The minimum Gasteiger partial charge on any atom is -0.462 e. The van der Waals surface area contributed by atoms with Crippen molar-refractivity contribution >= 4 is 44.3 Å². The Balaban J connectivity index is 1.48. The van der Waals surface area contributed by atoms with Gasteiger partial charge in [-0.05, 0) is 66.1 Å². The summed E-state index contributed by atoms with van der Waals surface area (Å²) in [5.41, 5.74) is 1.45. The molecule has 1 fully saturated rings. The number of carbonyl (C=O) groups is 3. The van der Waals surface area contributed by atoms with Gasteiger partial charge >= 0.3 is 5.97 Å². The predicted octanol–water partition coefficient (Wildman–Crippen LogP) is 4.58. The molecular formula is C31H28N2O6S. The van der Waals surface area contributed by atoms with Crippen LogP contribution in [-0.4, -0.2) is 49.7 Å². The SMILES string of the molecule is CCOC(=O)c1ccc(N2C(=O)CC(N(CCc3ccccc3)S(=O)(=O)c3ccc4ccccc4c3)C2=O)cc1. The van der Waals surface area contributed by atoms with Crippen molar-refractivity contribution in [2.45, 2.75) is 30.7 Å². The predicted molar refractivity (Wildman–Crippen MR) is 151 cm³/mol. The zero-order chi connectivity index (χ0) is 28.3. The number of ether oxygens (including phenoxy) is 1. The van der Waals surface area contributed by atoms with Crippen molar-refractivity contribution < 1.29 is 27.5 Å². The van der Waals surface area contributed by atoms with Crippen LogP contribution in [-0.2, 0) is 30.8 Å². The number of hydrogen-bond acceptors (Lipinski definition) is 6. The van der Waals surface area contributed by atoms with Crippen LogP contribution >= 0.6 is 0 Å². The highest BCUT2D eigenvalue weighted by Gasteiger charge is 2.46. The minimum atomic E-state index is -4.16. The van der Waals surface area contributed by atoms with Crippen molar-refractivity contribution in [2.75, 3.05) is 18.1 Å². The summed E-state index contributed by atoms with van der Waals surface area (Å²) in [4.78, 5) is 39.9. The number of anilines is 1. The van der Waals surface area contributed by atoms with E-state index in [4.69, 9.17) is 4.74 Å². The van der Waals surface area contributed by atoms with E-state index < -0.39 is 33.8 Å². The molecule has 0 N–H and O–H groups in total. The molecule has 5 rings (SSSR count). The van der Waals surface area contributed by atoms with E-state index in [1.807, 2.05) is 54.6 Å². The van der Waals surface area contributed by atoms with Crippen molar-refractivity contribution in [1.82, 2.24) is 4.31 Å². The van der Waals surface area contributed by atoms with Crippen LogP contribution in [0.3, 0.4) is 0 Å². The number of benzene rings is 4. The zero-order valence-corrected chi connectivity index (χ0v) is 22.7. The number of amides is 2. The summed E-state index contributed by atoms with van der Waals surface area (Å²) >= 11 is 0. The van der Waals surface area contributed by atoms with E-state index in [1.165, 1.54) is 30.3 Å². The number of carbonyl (C=O) groups excluding carboxylic acids is 3. The molecule has 1 atom stereocenters.